The number of aliphatic imine (C=N–C) groups is 2. The van der Waals surface area contributed by atoms with Crippen LogP contribution in [0.1, 0.15) is 24.5 Å². The second-order valence-electron chi connectivity index (χ2n) is 8.35. The number of fused-ring (bicyclic) bond motifs is 1. The lowest BCUT2D eigenvalue weighted by Crippen LogP contribution is -2.44. The Morgan fingerprint density at radius 1 is 1.07 bits per heavy atom. The zero-order valence-electron chi connectivity index (χ0n) is 16.7. The van der Waals surface area contributed by atoms with Crippen molar-refractivity contribution in [2.24, 2.45) is 15.9 Å². The number of alkyl halides is 3. The fourth-order valence-corrected chi connectivity index (χ4v) is 4.48. The third-order valence-corrected chi connectivity index (χ3v) is 5.98. The molecule has 0 atom stereocenters. The van der Waals surface area contributed by atoms with E-state index in [1.54, 1.807) is 0 Å². The van der Waals surface area contributed by atoms with Gasteiger partial charge in [0, 0.05) is 25.2 Å². The van der Waals surface area contributed by atoms with Crippen LogP contribution in [0.4, 0.5) is 13.2 Å². The van der Waals surface area contributed by atoms with E-state index < -0.39 is 11.7 Å². The quantitative estimate of drug-likeness (QED) is 0.672. The molecule has 3 nitrogen and oxygen atoms in total. The highest BCUT2D eigenvalue weighted by Crippen LogP contribution is 2.34. The summed E-state index contributed by atoms with van der Waals surface area (Å²) >= 11 is 0. The van der Waals surface area contributed by atoms with Gasteiger partial charge in [0.1, 0.15) is 0 Å². The highest BCUT2D eigenvalue weighted by molar-refractivity contribution is 6.21. The molecule has 1 aliphatic carbocycles. The molecule has 6 heteroatoms. The van der Waals surface area contributed by atoms with Gasteiger partial charge in [0.25, 0.3) is 0 Å². The summed E-state index contributed by atoms with van der Waals surface area (Å²) in [5.41, 5.74) is 2.85. The first-order chi connectivity index (χ1) is 14.4. The molecule has 0 unspecified atom stereocenters. The smallest absolute Gasteiger partial charge is 0.298 e. The molecule has 1 saturated heterocycles. The molecule has 30 heavy (non-hydrogen) atoms. The number of likely N-dealkylation sites (tertiary alicyclic amines) is 1. The molecule has 0 amide bonds. The zero-order valence-corrected chi connectivity index (χ0v) is 16.7. The van der Waals surface area contributed by atoms with Gasteiger partial charge >= 0.3 is 6.18 Å². The number of hydrogen-bond acceptors (Lipinski definition) is 3. The van der Waals surface area contributed by atoms with Gasteiger partial charge in [-0.1, -0.05) is 49.4 Å². The summed E-state index contributed by atoms with van der Waals surface area (Å²) in [5.74, 6) is 1.36. The molecule has 2 aromatic carbocycles. The average molecular weight is 409 g/mol. The summed E-state index contributed by atoms with van der Waals surface area (Å²) in [6.45, 7) is 5.75. The van der Waals surface area contributed by atoms with E-state index in [2.05, 4.69) is 46.1 Å². The average Bonchev–Trinajstić information content (AvgIpc) is 3.36. The Bertz CT molecular complexity index is 1130. The molecule has 1 fully saturated rings. The molecule has 0 saturated carbocycles. The van der Waals surface area contributed by atoms with Crippen molar-refractivity contribution in [2.45, 2.75) is 26.1 Å². The summed E-state index contributed by atoms with van der Waals surface area (Å²) in [4.78, 5) is 11.6. The Hall–Kier alpha value is -2.73. The fraction of sp³-hybridized carbons (Fsp3) is 0.333. The largest absolute Gasteiger partial charge is 0.416 e. The molecule has 0 N–H and O–H groups in total. The van der Waals surface area contributed by atoms with Crippen LogP contribution < -0.4 is 0 Å². The van der Waals surface area contributed by atoms with Gasteiger partial charge in [-0.05, 0) is 40.3 Å². The van der Waals surface area contributed by atoms with Crippen LogP contribution in [0, 0.1) is 5.92 Å². The third kappa shape index (κ3) is 3.49. The first kappa shape index (κ1) is 19.2. The van der Waals surface area contributed by atoms with Gasteiger partial charge in [0.05, 0.1) is 17.8 Å². The van der Waals surface area contributed by atoms with Crippen molar-refractivity contribution < 1.29 is 13.2 Å². The van der Waals surface area contributed by atoms with Gasteiger partial charge in [-0.25, -0.2) is 4.99 Å². The SMILES string of the molecule is CC1CN(Cc2ccc(C3=NCC(C4=CC(C(F)(F)F)=CC4)=N3)c3ccccc23)C1. The number of nitrogens with zero attached hydrogens (tertiary/aromatic N) is 3. The number of rotatable bonds is 4. The van der Waals surface area contributed by atoms with E-state index in [1.165, 1.54) is 23.1 Å². The van der Waals surface area contributed by atoms with Gasteiger partial charge in [-0.3, -0.25) is 9.89 Å². The Labute approximate surface area is 173 Å². The van der Waals surface area contributed by atoms with E-state index >= 15 is 0 Å². The Morgan fingerprint density at radius 3 is 2.53 bits per heavy atom. The number of allylic oxidation sites excluding steroid dienone is 3. The topological polar surface area (TPSA) is 28.0 Å². The first-order valence-electron chi connectivity index (χ1n) is 10.2. The fourth-order valence-electron chi connectivity index (χ4n) is 4.48. The van der Waals surface area contributed by atoms with E-state index in [-0.39, 0.29) is 6.42 Å². The summed E-state index contributed by atoms with van der Waals surface area (Å²) in [6, 6.07) is 12.4. The number of benzene rings is 2. The predicted molar refractivity (Wildman–Crippen MR) is 114 cm³/mol. The van der Waals surface area contributed by atoms with E-state index in [4.69, 9.17) is 0 Å². The molecule has 0 bridgehead atoms. The van der Waals surface area contributed by atoms with Gasteiger partial charge < -0.3 is 0 Å². The molecule has 154 valence electrons. The molecule has 5 rings (SSSR count). The van der Waals surface area contributed by atoms with Crippen LogP contribution in [0.2, 0.25) is 0 Å². The Balaban J connectivity index is 1.43. The summed E-state index contributed by atoms with van der Waals surface area (Å²) in [6.07, 6.45) is -1.64. The van der Waals surface area contributed by atoms with Crippen molar-refractivity contribution >= 4 is 22.3 Å². The standard InChI is InChI=1S/C24H22F3N3/c1-15-12-30(13-15)14-17-7-9-21(20-5-3-2-4-19(17)20)23-28-11-22(29-23)16-6-8-18(10-16)24(25,26)27/h2-5,7-10,15H,6,11-14H2,1H3. The van der Waals surface area contributed by atoms with Crippen LogP contribution in [0.15, 0.2) is 69.7 Å². The lowest BCUT2D eigenvalue weighted by atomic mass is 9.96. The van der Waals surface area contributed by atoms with Crippen LogP contribution in [-0.2, 0) is 6.54 Å². The van der Waals surface area contributed by atoms with Crippen LogP contribution in [0.3, 0.4) is 0 Å². The van der Waals surface area contributed by atoms with Gasteiger partial charge in [-0.15, -0.1) is 0 Å². The Kier molecular flexibility index (Phi) is 4.62. The van der Waals surface area contributed by atoms with Crippen LogP contribution in [0.25, 0.3) is 10.8 Å². The molecule has 2 heterocycles. The third-order valence-electron chi connectivity index (χ3n) is 5.98. The minimum Gasteiger partial charge on any atom is -0.298 e. The molecular weight excluding hydrogens is 387 g/mol. The van der Waals surface area contributed by atoms with E-state index in [1.807, 2.05) is 12.1 Å². The zero-order chi connectivity index (χ0) is 20.9. The lowest BCUT2D eigenvalue weighted by Gasteiger charge is -2.37. The normalized spacial score (nSPS) is 20.1. The summed E-state index contributed by atoms with van der Waals surface area (Å²) in [7, 11) is 0. The lowest BCUT2D eigenvalue weighted by molar-refractivity contribution is -0.0880. The minimum atomic E-state index is -4.31. The van der Waals surface area contributed by atoms with E-state index in [0.29, 0.717) is 23.7 Å². The maximum absolute atomic E-state index is 12.9. The molecule has 2 aromatic rings. The predicted octanol–water partition coefficient (Wildman–Crippen LogP) is 5.31. The van der Waals surface area contributed by atoms with Gasteiger partial charge in [0.15, 0.2) is 5.84 Å². The summed E-state index contributed by atoms with van der Waals surface area (Å²) in [5, 5.41) is 2.27. The number of amidine groups is 1. The van der Waals surface area contributed by atoms with Crippen molar-refractivity contribution in [3.05, 3.63) is 70.8 Å². The van der Waals surface area contributed by atoms with Crippen LogP contribution in [-0.4, -0.2) is 42.3 Å². The van der Waals surface area contributed by atoms with Gasteiger partial charge in [-0.2, -0.15) is 13.2 Å². The van der Waals surface area contributed by atoms with Crippen LogP contribution in [0.5, 0.6) is 0 Å². The highest BCUT2D eigenvalue weighted by Gasteiger charge is 2.35. The monoisotopic (exact) mass is 409 g/mol. The first-order valence-corrected chi connectivity index (χ1v) is 10.2. The van der Waals surface area contributed by atoms with E-state index in [9.17, 15) is 13.2 Å². The van der Waals surface area contributed by atoms with E-state index in [0.717, 1.165) is 36.5 Å². The van der Waals surface area contributed by atoms with Crippen molar-refractivity contribution in [1.29, 1.82) is 0 Å². The number of halogens is 3. The molecule has 0 radical (unpaired) electrons. The van der Waals surface area contributed by atoms with Gasteiger partial charge in [0.2, 0.25) is 0 Å². The highest BCUT2D eigenvalue weighted by atomic mass is 19.4. The van der Waals surface area contributed by atoms with Crippen molar-refractivity contribution in [1.82, 2.24) is 4.90 Å². The Morgan fingerprint density at radius 2 is 1.83 bits per heavy atom. The number of hydrogen-bond donors (Lipinski definition) is 0. The maximum atomic E-state index is 12.9. The van der Waals surface area contributed by atoms with Crippen molar-refractivity contribution in [3.63, 3.8) is 0 Å². The minimum absolute atomic E-state index is 0.254. The van der Waals surface area contributed by atoms with Crippen LogP contribution >= 0.6 is 0 Å². The van der Waals surface area contributed by atoms with Crippen molar-refractivity contribution in [3.8, 4) is 0 Å². The molecule has 3 aliphatic rings. The summed E-state index contributed by atoms with van der Waals surface area (Å²) < 4.78 is 38.8. The molecule has 0 spiro atoms. The second kappa shape index (κ2) is 7.20. The molecular formula is C24H22F3N3. The second-order valence-corrected chi connectivity index (χ2v) is 8.35. The molecule has 2 aliphatic heterocycles. The maximum Gasteiger partial charge on any atom is 0.416 e. The molecule has 0 aromatic heterocycles. The van der Waals surface area contributed by atoms with Crippen molar-refractivity contribution in [2.75, 3.05) is 19.6 Å².